The second-order valence-electron chi connectivity index (χ2n) is 8.52. The number of ether oxygens (including phenoxy) is 2. The summed E-state index contributed by atoms with van der Waals surface area (Å²) in [6.45, 7) is 6.49. The lowest BCUT2D eigenvalue weighted by molar-refractivity contribution is 0.0728. The topological polar surface area (TPSA) is 94.3 Å². The Morgan fingerprint density at radius 3 is 2.68 bits per heavy atom. The molecular formula is C23H29N5O3. The van der Waals surface area contributed by atoms with E-state index in [4.69, 9.17) is 9.47 Å². The number of aromatic nitrogens is 4. The third kappa shape index (κ3) is 5.39. The Bertz CT molecular complexity index is 1050. The SMILES string of the molecule is COc1cc(Nc2nc(COCC3CC3)cc(C(C)(C)O)n2)ccc1-n1cnc(C)c1. The van der Waals surface area contributed by atoms with Gasteiger partial charge in [-0.15, -0.1) is 0 Å². The third-order valence-corrected chi connectivity index (χ3v) is 5.13. The Morgan fingerprint density at radius 1 is 1.23 bits per heavy atom. The van der Waals surface area contributed by atoms with Crippen molar-refractivity contribution in [2.75, 3.05) is 19.0 Å². The standard InChI is InChI=1S/C23H29N5O3/c1-15-11-28(14-24-15)19-8-7-17(9-20(19)30-4)25-22-26-18(13-31-12-16-5-6-16)10-21(27-22)23(2,3)29/h7-11,14,16,29H,5-6,12-13H2,1-4H3,(H,25,26,27). The molecule has 0 aliphatic heterocycles. The molecule has 1 aliphatic rings. The van der Waals surface area contributed by atoms with Crippen LogP contribution >= 0.6 is 0 Å². The zero-order chi connectivity index (χ0) is 22.0. The number of benzene rings is 1. The number of anilines is 2. The van der Waals surface area contributed by atoms with Gasteiger partial charge >= 0.3 is 0 Å². The predicted molar refractivity (Wildman–Crippen MR) is 118 cm³/mol. The maximum atomic E-state index is 10.5. The maximum absolute atomic E-state index is 10.5. The third-order valence-electron chi connectivity index (χ3n) is 5.13. The van der Waals surface area contributed by atoms with Gasteiger partial charge in [0.15, 0.2) is 0 Å². The molecule has 0 spiro atoms. The molecule has 1 aliphatic carbocycles. The van der Waals surface area contributed by atoms with Crippen LogP contribution in [0.15, 0.2) is 36.8 Å². The van der Waals surface area contributed by atoms with Crippen LogP contribution < -0.4 is 10.1 Å². The van der Waals surface area contributed by atoms with E-state index < -0.39 is 5.60 Å². The monoisotopic (exact) mass is 423 g/mol. The van der Waals surface area contributed by atoms with Crippen molar-refractivity contribution in [2.24, 2.45) is 5.92 Å². The number of nitrogens with one attached hydrogen (secondary N) is 1. The molecule has 0 radical (unpaired) electrons. The van der Waals surface area contributed by atoms with E-state index in [-0.39, 0.29) is 0 Å². The van der Waals surface area contributed by atoms with Crippen molar-refractivity contribution >= 4 is 11.6 Å². The van der Waals surface area contributed by atoms with Crippen molar-refractivity contribution in [3.63, 3.8) is 0 Å². The molecule has 31 heavy (non-hydrogen) atoms. The Morgan fingerprint density at radius 2 is 2.03 bits per heavy atom. The molecule has 0 amide bonds. The second kappa shape index (κ2) is 8.64. The lowest BCUT2D eigenvalue weighted by Gasteiger charge is -2.19. The lowest BCUT2D eigenvalue weighted by Crippen LogP contribution is -2.19. The van der Waals surface area contributed by atoms with Gasteiger partial charge in [-0.25, -0.2) is 15.0 Å². The Kier molecular flexibility index (Phi) is 5.93. The van der Waals surface area contributed by atoms with Gasteiger partial charge in [0, 0.05) is 24.6 Å². The summed E-state index contributed by atoms with van der Waals surface area (Å²) in [4.78, 5) is 13.4. The molecule has 0 bridgehead atoms. The van der Waals surface area contributed by atoms with Crippen LogP contribution in [-0.2, 0) is 16.9 Å². The van der Waals surface area contributed by atoms with Gasteiger partial charge in [0.25, 0.3) is 0 Å². The molecule has 0 saturated heterocycles. The summed E-state index contributed by atoms with van der Waals surface area (Å²) in [5.74, 6) is 1.77. The van der Waals surface area contributed by atoms with Crippen LogP contribution in [0.2, 0.25) is 0 Å². The maximum Gasteiger partial charge on any atom is 0.227 e. The van der Waals surface area contributed by atoms with Crippen LogP contribution in [0.25, 0.3) is 5.69 Å². The van der Waals surface area contributed by atoms with Gasteiger partial charge in [-0.3, -0.25) is 0 Å². The molecule has 2 aromatic heterocycles. The summed E-state index contributed by atoms with van der Waals surface area (Å²) in [7, 11) is 1.63. The van der Waals surface area contributed by atoms with Crippen molar-refractivity contribution in [1.29, 1.82) is 0 Å². The molecule has 0 atom stereocenters. The molecule has 164 valence electrons. The first-order chi connectivity index (χ1) is 14.8. The summed E-state index contributed by atoms with van der Waals surface area (Å²) < 4.78 is 13.3. The van der Waals surface area contributed by atoms with E-state index in [2.05, 4.69) is 20.3 Å². The molecule has 1 saturated carbocycles. The van der Waals surface area contributed by atoms with Crippen LogP contribution in [0.1, 0.15) is 43.8 Å². The zero-order valence-corrected chi connectivity index (χ0v) is 18.4. The van der Waals surface area contributed by atoms with Gasteiger partial charge in [-0.2, -0.15) is 0 Å². The minimum atomic E-state index is -1.09. The van der Waals surface area contributed by atoms with Crippen LogP contribution in [0.5, 0.6) is 5.75 Å². The Hall–Kier alpha value is -2.97. The van der Waals surface area contributed by atoms with Crippen LogP contribution in [-0.4, -0.2) is 38.3 Å². The molecule has 1 aromatic carbocycles. The van der Waals surface area contributed by atoms with Crippen molar-refractivity contribution < 1.29 is 14.6 Å². The number of methoxy groups -OCH3 is 1. The van der Waals surface area contributed by atoms with E-state index >= 15 is 0 Å². The van der Waals surface area contributed by atoms with Crippen molar-refractivity contribution in [2.45, 2.75) is 45.8 Å². The van der Waals surface area contributed by atoms with E-state index in [1.807, 2.05) is 35.9 Å². The lowest BCUT2D eigenvalue weighted by atomic mass is 10.0. The number of hydrogen-bond donors (Lipinski definition) is 2. The van der Waals surface area contributed by atoms with Gasteiger partial charge in [0.05, 0.1) is 42.8 Å². The van der Waals surface area contributed by atoms with E-state index in [1.165, 1.54) is 12.8 Å². The smallest absolute Gasteiger partial charge is 0.227 e. The van der Waals surface area contributed by atoms with E-state index in [0.29, 0.717) is 29.9 Å². The molecular weight excluding hydrogens is 394 g/mol. The number of aryl methyl sites for hydroxylation is 1. The Balaban J connectivity index is 1.58. The van der Waals surface area contributed by atoms with E-state index in [9.17, 15) is 5.11 Å². The highest BCUT2D eigenvalue weighted by Crippen LogP contribution is 2.30. The summed E-state index contributed by atoms with van der Waals surface area (Å²) >= 11 is 0. The molecule has 4 rings (SSSR count). The second-order valence-corrected chi connectivity index (χ2v) is 8.52. The average molecular weight is 424 g/mol. The molecule has 8 nitrogen and oxygen atoms in total. The van der Waals surface area contributed by atoms with Gasteiger partial charge in [0.2, 0.25) is 5.95 Å². The molecule has 1 fully saturated rings. The minimum Gasteiger partial charge on any atom is -0.494 e. The highest BCUT2D eigenvalue weighted by Gasteiger charge is 2.23. The number of imidazole rings is 1. The fraction of sp³-hybridized carbons (Fsp3) is 0.435. The number of rotatable bonds is 9. The van der Waals surface area contributed by atoms with Gasteiger partial charge in [0.1, 0.15) is 11.4 Å². The highest BCUT2D eigenvalue weighted by atomic mass is 16.5. The highest BCUT2D eigenvalue weighted by molar-refractivity contribution is 5.62. The van der Waals surface area contributed by atoms with Crippen LogP contribution in [0, 0.1) is 12.8 Å². The summed E-state index contributed by atoms with van der Waals surface area (Å²) in [5.41, 5.74) is 2.76. The summed E-state index contributed by atoms with van der Waals surface area (Å²) in [6, 6.07) is 7.55. The summed E-state index contributed by atoms with van der Waals surface area (Å²) in [5, 5.41) is 13.7. The first-order valence-electron chi connectivity index (χ1n) is 10.5. The van der Waals surface area contributed by atoms with Crippen molar-refractivity contribution in [3.05, 3.63) is 53.9 Å². The summed E-state index contributed by atoms with van der Waals surface area (Å²) in [6.07, 6.45) is 6.17. The normalized spacial score (nSPS) is 14.0. The fourth-order valence-corrected chi connectivity index (χ4v) is 3.21. The predicted octanol–water partition coefficient (Wildman–Crippen LogP) is 3.88. The van der Waals surface area contributed by atoms with E-state index in [1.54, 1.807) is 33.4 Å². The molecule has 2 heterocycles. The van der Waals surface area contributed by atoms with E-state index in [0.717, 1.165) is 29.4 Å². The minimum absolute atomic E-state index is 0.388. The quantitative estimate of drug-likeness (QED) is 0.539. The molecule has 0 unspecified atom stereocenters. The van der Waals surface area contributed by atoms with Gasteiger partial charge in [-0.05, 0) is 57.7 Å². The number of hydrogen-bond acceptors (Lipinski definition) is 7. The van der Waals surface area contributed by atoms with Gasteiger partial charge < -0.3 is 24.5 Å². The van der Waals surface area contributed by atoms with Crippen LogP contribution in [0.3, 0.4) is 0 Å². The average Bonchev–Trinajstić information content (AvgIpc) is 3.45. The molecule has 3 aromatic rings. The molecule has 2 N–H and O–H groups in total. The zero-order valence-electron chi connectivity index (χ0n) is 18.4. The largest absolute Gasteiger partial charge is 0.494 e. The number of aliphatic hydroxyl groups is 1. The molecule has 8 heteroatoms. The van der Waals surface area contributed by atoms with Crippen LogP contribution in [0.4, 0.5) is 11.6 Å². The fourth-order valence-electron chi connectivity index (χ4n) is 3.21. The number of nitrogens with zero attached hydrogens (tertiary/aromatic N) is 4. The van der Waals surface area contributed by atoms with Crippen molar-refractivity contribution in [1.82, 2.24) is 19.5 Å². The first-order valence-corrected chi connectivity index (χ1v) is 10.5. The van der Waals surface area contributed by atoms with Gasteiger partial charge in [-0.1, -0.05) is 0 Å². The first kappa shape index (κ1) is 21.3. The van der Waals surface area contributed by atoms with Crippen molar-refractivity contribution in [3.8, 4) is 11.4 Å². The Labute approximate surface area is 182 Å².